The molecule has 0 spiro atoms. The maximum Gasteiger partial charge on any atom is 0.191 e. The van der Waals surface area contributed by atoms with Crippen LogP contribution in [0.15, 0.2) is 48.2 Å². The second-order valence-electron chi connectivity index (χ2n) is 5.15. The van der Waals surface area contributed by atoms with Crippen molar-refractivity contribution in [3.05, 3.63) is 60.5 Å². The molecule has 0 saturated carbocycles. The molecule has 2 aromatic rings. The predicted molar refractivity (Wildman–Crippen MR) is 93.1 cm³/mol. The largest absolute Gasteiger partial charge is 0.355 e. The molecule has 1 aromatic carbocycles. The molecular weight excluding hydrogens is 307 g/mol. The van der Waals surface area contributed by atoms with Gasteiger partial charge in [0, 0.05) is 31.6 Å². The lowest BCUT2D eigenvalue weighted by atomic mass is 10.2. The number of aromatic nitrogens is 3. The van der Waals surface area contributed by atoms with Gasteiger partial charge in [-0.25, -0.2) is 9.38 Å². The topological polar surface area (TPSA) is 67.1 Å². The number of halogens is 1. The van der Waals surface area contributed by atoms with Crippen molar-refractivity contribution < 1.29 is 4.39 Å². The Morgan fingerprint density at radius 1 is 1.38 bits per heavy atom. The van der Waals surface area contributed by atoms with Gasteiger partial charge in [-0.3, -0.25) is 0 Å². The van der Waals surface area contributed by atoms with E-state index in [-0.39, 0.29) is 12.4 Å². The predicted octanol–water partition coefficient (Wildman–Crippen LogP) is 1.90. The summed E-state index contributed by atoms with van der Waals surface area (Å²) < 4.78 is 15.7. The van der Waals surface area contributed by atoms with Gasteiger partial charge in [-0.1, -0.05) is 31.2 Å². The lowest BCUT2D eigenvalue weighted by Gasteiger charge is -2.12. The molecule has 2 rings (SSSR count). The first kappa shape index (κ1) is 17.7. The molecule has 6 nitrogen and oxygen atoms in total. The van der Waals surface area contributed by atoms with Crippen molar-refractivity contribution in [3.8, 4) is 0 Å². The molecule has 2 N–H and O–H groups in total. The molecular formula is C17H23FN6. The van der Waals surface area contributed by atoms with E-state index in [1.54, 1.807) is 30.6 Å². The second kappa shape index (κ2) is 9.44. The third kappa shape index (κ3) is 5.19. The Morgan fingerprint density at radius 3 is 2.96 bits per heavy atom. The molecule has 0 fully saturated rings. The maximum atomic E-state index is 13.7. The molecule has 1 aromatic heterocycles. The van der Waals surface area contributed by atoms with E-state index in [1.165, 1.54) is 6.07 Å². The van der Waals surface area contributed by atoms with Gasteiger partial charge in [0.25, 0.3) is 0 Å². The Balaban J connectivity index is 1.93. The number of benzene rings is 1. The van der Waals surface area contributed by atoms with Crippen LogP contribution in [0.3, 0.4) is 0 Å². The van der Waals surface area contributed by atoms with Crippen LogP contribution in [0.5, 0.6) is 0 Å². The lowest BCUT2D eigenvalue weighted by Crippen LogP contribution is -2.39. The molecule has 0 aliphatic carbocycles. The minimum absolute atomic E-state index is 0.249. The van der Waals surface area contributed by atoms with Crippen LogP contribution >= 0.6 is 0 Å². The minimum Gasteiger partial charge on any atom is -0.355 e. The SMILES string of the molecule is C=CCNC(=NCc1ccccc1F)NCCn1cnnc1CC. The van der Waals surface area contributed by atoms with Crippen molar-refractivity contribution in [2.45, 2.75) is 26.4 Å². The van der Waals surface area contributed by atoms with Crippen LogP contribution in [0.1, 0.15) is 18.3 Å². The number of guanidine groups is 1. The van der Waals surface area contributed by atoms with Crippen molar-refractivity contribution in [2.24, 2.45) is 4.99 Å². The molecule has 128 valence electrons. The van der Waals surface area contributed by atoms with Gasteiger partial charge in [0.15, 0.2) is 5.96 Å². The zero-order valence-electron chi connectivity index (χ0n) is 13.9. The third-order valence-corrected chi connectivity index (χ3v) is 3.44. The molecule has 0 unspecified atom stereocenters. The van der Waals surface area contributed by atoms with E-state index in [4.69, 9.17) is 0 Å². The average Bonchev–Trinajstić information content (AvgIpc) is 3.05. The number of aryl methyl sites for hydroxylation is 1. The zero-order chi connectivity index (χ0) is 17.2. The molecule has 0 saturated heterocycles. The van der Waals surface area contributed by atoms with Gasteiger partial charge in [0.05, 0.1) is 6.54 Å². The van der Waals surface area contributed by atoms with Gasteiger partial charge in [-0.15, -0.1) is 16.8 Å². The highest BCUT2D eigenvalue weighted by atomic mass is 19.1. The van der Waals surface area contributed by atoms with Crippen molar-refractivity contribution >= 4 is 5.96 Å². The number of rotatable bonds is 8. The number of aliphatic imine (C=N–C) groups is 1. The fourth-order valence-corrected chi connectivity index (χ4v) is 2.17. The quantitative estimate of drug-likeness (QED) is 0.441. The molecule has 0 aliphatic heterocycles. The number of hydrogen-bond acceptors (Lipinski definition) is 3. The number of nitrogens with zero attached hydrogens (tertiary/aromatic N) is 4. The molecule has 0 amide bonds. The Kier molecular flexibility index (Phi) is 6.94. The lowest BCUT2D eigenvalue weighted by molar-refractivity contribution is 0.609. The summed E-state index contributed by atoms with van der Waals surface area (Å²) in [6, 6.07) is 6.64. The first-order chi connectivity index (χ1) is 11.7. The van der Waals surface area contributed by atoms with E-state index in [0.29, 0.717) is 24.6 Å². The minimum atomic E-state index is -0.249. The normalized spacial score (nSPS) is 11.3. The van der Waals surface area contributed by atoms with Gasteiger partial charge < -0.3 is 15.2 Å². The van der Waals surface area contributed by atoms with Crippen molar-refractivity contribution in [1.82, 2.24) is 25.4 Å². The zero-order valence-corrected chi connectivity index (χ0v) is 13.9. The highest BCUT2D eigenvalue weighted by Crippen LogP contribution is 2.07. The molecule has 0 radical (unpaired) electrons. The fourth-order valence-electron chi connectivity index (χ4n) is 2.17. The highest BCUT2D eigenvalue weighted by Gasteiger charge is 2.03. The van der Waals surface area contributed by atoms with Crippen LogP contribution in [-0.4, -0.2) is 33.8 Å². The highest BCUT2D eigenvalue weighted by molar-refractivity contribution is 5.79. The molecule has 24 heavy (non-hydrogen) atoms. The Bertz CT molecular complexity index is 679. The summed E-state index contributed by atoms with van der Waals surface area (Å²) in [4.78, 5) is 4.42. The van der Waals surface area contributed by atoms with Gasteiger partial charge in [-0.2, -0.15) is 0 Å². The van der Waals surface area contributed by atoms with Crippen molar-refractivity contribution in [1.29, 1.82) is 0 Å². The monoisotopic (exact) mass is 330 g/mol. The van der Waals surface area contributed by atoms with Gasteiger partial charge >= 0.3 is 0 Å². The van der Waals surface area contributed by atoms with Crippen molar-refractivity contribution in [2.75, 3.05) is 13.1 Å². The average molecular weight is 330 g/mol. The number of hydrogen-bond donors (Lipinski definition) is 2. The van der Waals surface area contributed by atoms with Crippen LogP contribution in [-0.2, 0) is 19.5 Å². The first-order valence-corrected chi connectivity index (χ1v) is 7.97. The van der Waals surface area contributed by atoms with Crippen LogP contribution in [0, 0.1) is 5.82 Å². The van der Waals surface area contributed by atoms with Crippen LogP contribution in [0.2, 0.25) is 0 Å². The fraction of sp³-hybridized carbons (Fsp3) is 0.353. The Morgan fingerprint density at radius 2 is 2.21 bits per heavy atom. The molecule has 0 bridgehead atoms. The van der Waals surface area contributed by atoms with Gasteiger partial charge in [0.1, 0.15) is 18.0 Å². The number of nitrogens with one attached hydrogen (secondary N) is 2. The van der Waals surface area contributed by atoms with E-state index in [0.717, 1.165) is 18.8 Å². The van der Waals surface area contributed by atoms with E-state index >= 15 is 0 Å². The summed E-state index contributed by atoms with van der Waals surface area (Å²) in [5.74, 6) is 1.31. The summed E-state index contributed by atoms with van der Waals surface area (Å²) in [5.41, 5.74) is 0.560. The van der Waals surface area contributed by atoms with E-state index < -0.39 is 0 Å². The molecule has 0 aliphatic rings. The Hall–Kier alpha value is -2.70. The van der Waals surface area contributed by atoms with E-state index in [9.17, 15) is 4.39 Å². The third-order valence-electron chi connectivity index (χ3n) is 3.44. The summed E-state index contributed by atoms with van der Waals surface area (Å²) >= 11 is 0. The van der Waals surface area contributed by atoms with Crippen LogP contribution < -0.4 is 10.6 Å². The maximum absolute atomic E-state index is 13.7. The van der Waals surface area contributed by atoms with Crippen LogP contribution in [0.25, 0.3) is 0 Å². The second-order valence-corrected chi connectivity index (χ2v) is 5.15. The summed E-state index contributed by atoms with van der Waals surface area (Å²) in [6.45, 7) is 7.96. The summed E-state index contributed by atoms with van der Waals surface area (Å²) in [5, 5.41) is 14.3. The molecule has 0 atom stereocenters. The summed E-state index contributed by atoms with van der Waals surface area (Å²) in [6.07, 6.45) is 4.30. The smallest absolute Gasteiger partial charge is 0.191 e. The van der Waals surface area contributed by atoms with E-state index in [2.05, 4.69) is 32.4 Å². The van der Waals surface area contributed by atoms with Crippen LogP contribution in [0.4, 0.5) is 4.39 Å². The van der Waals surface area contributed by atoms with Crippen molar-refractivity contribution in [3.63, 3.8) is 0 Å². The van der Waals surface area contributed by atoms with Gasteiger partial charge in [0.2, 0.25) is 0 Å². The molecule has 1 heterocycles. The Labute approximate surface area is 141 Å². The van der Waals surface area contributed by atoms with Gasteiger partial charge in [-0.05, 0) is 6.07 Å². The summed E-state index contributed by atoms with van der Waals surface area (Å²) in [7, 11) is 0. The first-order valence-electron chi connectivity index (χ1n) is 7.97. The molecule has 7 heteroatoms. The van der Waals surface area contributed by atoms with E-state index in [1.807, 2.05) is 11.5 Å². The standard InChI is InChI=1S/C17H23FN6/c1-3-9-19-17(21-12-14-7-5-6-8-15(14)18)20-10-11-24-13-22-23-16(24)4-2/h3,5-8,13H,1,4,9-12H2,2H3,(H2,19,20,21).